The summed E-state index contributed by atoms with van der Waals surface area (Å²) in [6.07, 6.45) is 1.12. The summed E-state index contributed by atoms with van der Waals surface area (Å²) in [4.78, 5) is 12.2. The number of carbonyl (C=O) groups excluding carboxylic acids is 1. The van der Waals surface area contributed by atoms with Crippen molar-refractivity contribution in [1.82, 2.24) is 0 Å². The number of anilines is 2. The summed E-state index contributed by atoms with van der Waals surface area (Å²) in [5, 5.41) is 2.76. The molecule has 5 nitrogen and oxygen atoms in total. The zero-order valence-electron chi connectivity index (χ0n) is 12.1. The van der Waals surface area contributed by atoms with Crippen LogP contribution in [0.1, 0.15) is 10.4 Å². The lowest BCUT2D eigenvalue weighted by atomic mass is 10.2. The molecule has 0 aliphatic carbocycles. The molecule has 0 bridgehead atoms. The number of carbonyl (C=O) groups is 1. The third-order valence-electron chi connectivity index (χ3n) is 3.08. The van der Waals surface area contributed by atoms with Crippen LogP contribution in [0, 0.1) is 0 Å². The second-order valence-corrected chi connectivity index (χ2v) is 7.58. The van der Waals surface area contributed by atoms with Gasteiger partial charge in [0, 0.05) is 17.2 Å². The minimum atomic E-state index is -3.35. The predicted octanol–water partition coefficient (Wildman–Crippen LogP) is 3.10. The van der Waals surface area contributed by atoms with Crippen molar-refractivity contribution in [1.29, 1.82) is 0 Å². The van der Waals surface area contributed by atoms with Gasteiger partial charge in [-0.2, -0.15) is 0 Å². The molecule has 7 heteroatoms. The second-order valence-electron chi connectivity index (χ2n) is 4.71. The Balaban J connectivity index is 2.25. The van der Waals surface area contributed by atoms with Gasteiger partial charge in [-0.1, -0.05) is 18.2 Å². The number of rotatable bonds is 4. The number of hydrogen-bond donors (Lipinski definition) is 1. The van der Waals surface area contributed by atoms with Crippen molar-refractivity contribution in [2.75, 3.05) is 22.9 Å². The third kappa shape index (κ3) is 3.86. The predicted molar refractivity (Wildman–Crippen MR) is 91.8 cm³/mol. The Hall–Kier alpha value is -1.86. The molecule has 22 heavy (non-hydrogen) atoms. The summed E-state index contributed by atoms with van der Waals surface area (Å²) < 4.78 is 25.0. The highest BCUT2D eigenvalue weighted by Gasteiger charge is 2.13. The Morgan fingerprint density at radius 3 is 2.45 bits per heavy atom. The number of nitrogens with zero attached hydrogens (tertiary/aromatic N) is 1. The molecule has 0 radical (unpaired) electrons. The minimum Gasteiger partial charge on any atom is -0.322 e. The van der Waals surface area contributed by atoms with Crippen LogP contribution >= 0.6 is 15.9 Å². The van der Waals surface area contributed by atoms with Crippen LogP contribution in [0.4, 0.5) is 11.4 Å². The smallest absolute Gasteiger partial charge is 0.256 e. The molecule has 0 aliphatic rings. The van der Waals surface area contributed by atoms with Crippen LogP contribution in [0.3, 0.4) is 0 Å². The SMILES string of the molecule is CN(c1cccc(NC(=O)c2ccccc2Br)c1)S(C)(=O)=O. The molecule has 0 saturated carbocycles. The monoisotopic (exact) mass is 382 g/mol. The average Bonchev–Trinajstić information content (AvgIpc) is 2.46. The Morgan fingerprint density at radius 2 is 1.82 bits per heavy atom. The maximum Gasteiger partial charge on any atom is 0.256 e. The normalized spacial score (nSPS) is 11.0. The van der Waals surface area contributed by atoms with Crippen molar-refractivity contribution >= 4 is 43.2 Å². The fourth-order valence-electron chi connectivity index (χ4n) is 1.81. The van der Waals surface area contributed by atoms with E-state index >= 15 is 0 Å². The number of benzene rings is 2. The van der Waals surface area contributed by atoms with Gasteiger partial charge < -0.3 is 5.32 Å². The van der Waals surface area contributed by atoms with E-state index in [-0.39, 0.29) is 5.91 Å². The van der Waals surface area contributed by atoms with Crippen LogP contribution in [0.2, 0.25) is 0 Å². The molecule has 1 N–H and O–H groups in total. The molecule has 0 aromatic heterocycles. The quantitative estimate of drug-likeness (QED) is 0.883. The van der Waals surface area contributed by atoms with Gasteiger partial charge in [0.25, 0.3) is 5.91 Å². The molecule has 0 fully saturated rings. The van der Waals surface area contributed by atoms with Crippen LogP contribution < -0.4 is 9.62 Å². The molecule has 1 amide bonds. The molecule has 0 spiro atoms. The van der Waals surface area contributed by atoms with E-state index in [4.69, 9.17) is 0 Å². The van der Waals surface area contributed by atoms with Crippen LogP contribution in [0.5, 0.6) is 0 Å². The van der Waals surface area contributed by atoms with Crippen molar-refractivity contribution in [3.8, 4) is 0 Å². The lowest BCUT2D eigenvalue weighted by molar-refractivity contribution is 0.102. The van der Waals surface area contributed by atoms with E-state index in [9.17, 15) is 13.2 Å². The average molecular weight is 383 g/mol. The fourth-order valence-corrected chi connectivity index (χ4v) is 2.78. The first-order chi connectivity index (χ1) is 10.3. The Bertz CT molecular complexity index is 806. The molecular formula is C15H15BrN2O3S. The maximum absolute atomic E-state index is 12.2. The zero-order valence-corrected chi connectivity index (χ0v) is 14.5. The van der Waals surface area contributed by atoms with Gasteiger partial charge in [-0.15, -0.1) is 0 Å². The number of hydrogen-bond acceptors (Lipinski definition) is 3. The molecule has 0 unspecified atom stereocenters. The van der Waals surface area contributed by atoms with Gasteiger partial charge in [-0.05, 0) is 46.3 Å². The van der Waals surface area contributed by atoms with E-state index in [1.165, 1.54) is 7.05 Å². The van der Waals surface area contributed by atoms with Gasteiger partial charge in [-0.25, -0.2) is 8.42 Å². The number of nitrogens with one attached hydrogen (secondary N) is 1. The Labute approximate surface area is 138 Å². The molecule has 0 saturated heterocycles. The molecule has 0 heterocycles. The largest absolute Gasteiger partial charge is 0.322 e. The van der Waals surface area contributed by atoms with E-state index in [1.54, 1.807) is 42.5 Å². The lowest BCUT2D eigenvalue weighted by Crippen LogP contribution is -2.24. The summed E-state index contributed by atoms with van der Waals surface area (Å²) in [7, 11) is -1.88. The third-order valence-corrected chi connectivity index (χ3v) is 4.98. The standard InChI is InChI=1S/C15H15BrN2O3S/c1-18(22(2,20)21)12-7-5-6-11(10-12)17-15(19)13-8-3-4-9-14(13)16/h3-10H,1-2H3,(H,17,19). The van der Waals surface area contributed by atoms with Crippen LogP contribution in [0.25, 0.3) is 0 Å². The highest BCUT2D eigenvalue weighted by atomic mass is 79.9. The van der Waals surface area contributed by atoms with Gasteiger partial charge in [0.2, 0.25) is 10.0 Å². The highest BCUT2D eigenvalue weighted by molar-refractivity contribution is 9.10. The van der Waals surface area contributed by atoms with Crippen molar-refractivity contribution in [3.05, 3.63) is 58.6 Å². The van der Waals surface area contributed by atoms with Crippen molar-refractivity contribution in [3.63, 3.8) is 0 Å². The Morgan fingerprint density at radius 1 is 1.14 bits per heavy atom. The van der Waals surface area contributed by atoms with Crippen molar-refractivity contribution in [2.24, 2.45) is 0 Å². The molecule has 2 rings (SSSR count). The van der Waals surface area contributed by atoms with Gasteiger partial charge in [0.05, 0.1) is 17.5 Å². The molecule has 2 aromatic rings. The van der Waals surface area contributed by atoms with E-state index in [0.717, 1.165) is 10.6 Å². The summed E-state index contributed by atoms with van der Waals surface area (Å²) in [5.74, 6) is -0.272. The number of halogens is 1. The van der Waals surface area contributed by atoms with E-state index in [2.05, 4.69) is 21.2 Å². The van der Waals surface area contributed by atoms with E-state index in [0.29, 0.717) is 21.4 Å². The minimum absolute atomic E-state index is 0.272. The van der Waals surface area contributed by atoms with Gasteiger partial charge >= 0.3 is 0 Å². The first kappa shape index (κ1) is 16.5. The van der Waals surface area contributed by atoms with E-state index in [1.807, 2.05) is 6.07 Å². The number of sulfonamides is 1. The van der Waals surface area contributed by atoms with Crippen LogP contribution in [-0.2, 0) is 10.0 Å². The maximum atomic E-state index is 12.2. The van der Waals surface area contributed by atoms with Gasteiger partial charge in [-0.3, -0.25) is 9.10 Å². The van der Waals surface area contributed by atoms with Crippen molar-refractivity contribution in [2.45, 2.75) is 0 Å². The topological polar surface area (TPSA) is 66.5 Å². The van der Waals surface area contributed by atoms with E-state index < -0.39 is 10.0 Å². The van der Waals surface area contributed by atoms with Gasteiger partial charge in [0.1, 0.15) is 0 Å². The molecule has 0 atom stereocenters. The summed E-state index contributed by atoms with van der Waals surface area (Å²) in [5.41, 5.74) is 1.51. The Kier molecular flexibility index (Phi) is 4.87. The van der Waals surface area contributed by atoms with Crippen LogP contribution in [-0.4, -0.2) is 27.6 Å². The van der Waals surface area contributed by atoms with Crippen LogP contribution in [0.15, 0.2) is 53.0 Å². The second kappa shape index (κ2) is 6.50. The first-order valence-electron chi connectivity index (χ1n) is 6.39. The zero-order chi connectivity index (χ0) is 16.3. The molecule has 116 valence electrons. The van der Waals surface area contributed by atoms with Gasteiger partial charge in [0.15, 0.2) is 0 Å². The number of amides is 1. The first-order valence-corrected chi connectivity index (χ1v) is 9.03. The highest BCUT2D eigenvalue weighted by Crippen LogP contribution is 2.22. The molecular weight excluding hydrogens is 368 g/mol. The lowest BCUT2D eigenvalue weighted by Gasteiger charge is -2.17. The molecule has 0 aliphatic heterocycles. The summed E-state index contributed by atoms with van der Waals surface area (Å²) >= 11 is 3.33. The van der Waals surface area contributed by atoms with Crippen molar-refractivity contribution < 1.29 is 13.2 Å². The summed E-state index contributed by atoms with van der Waals surface area (Å²) in [6, 6.07) is 13.7. The summed E-state index contributed by atoms with van der Waals surface area (Å²) in [6.45, 7) is 0. The molecule has 2 aromatic carbocycles. The fraction of sp³-hybridized carbons (Fsp3) is 0.133.